The molecule has 5 nitrogen and oxygen atoms in total. The first-order valence-electron chi connectivity index (χ1n) is 6.17. The molecule has 1 rings (SSSR count). The minimum absolute atomic E-state index is 0.0689. The van der Waals surface area contributed by atoms with E-state index in [2.05, 4.69) is 0 Å². The number of carbonyl (C=O) groups excluding carboxylic acids is 1. The Kier molecular flexibility index (Phi) is 4.67. The number of carbonyl (C=O) groups is 2. The molecule has 1 atom stereocenters. The average molecular weight is 264 g/mol. The molecule has 1 aromatic rings. The maximum atomic E-state index is 12.4. The molecule has 0 heterocycles. The van der Waals surface area contributed by atoms with E-state index in [1.54, 1.807) is 19.2 Å². The summed E-state index contributed by atoms with van der Waals surface area (Å²) in [7, 11) is 1.67. The fraction of sp³-hybridized carbons (Fsp3) is 0.429. The molecule has 1 unspecified atom stereocenters. The molecule has 0 spiro atoms. The second-order valence-corrected chi connectivity index (χ2v) is 4.83. The first kappa shape index (κ1) is 15.2. The Morgan fingerprint density at radius 3 is 2.21 bits per heavy atom. The van der Waals surface area contributed by atoms with Gasteiger partial charge in [-0.1, -0.05) is 6.92 Å². The molecule has 1 amide bonds. The summed E-state index contributed by atoms with van der Waals surface area (Å²) in [6, 6.07) is 6.20. The Labute approximate surface area is 113 Å². The molecule has 0 fully saturated rings. The normalized spacial score (nSPS) is 13.7. The zero-order chi connectivity index (χ0) is 14.6. The molecule has 19 heavy (non-hydrogen) atoms. The quantitative estimate of drug-likeness (QED) is 0.848. The Bertz CT molecular complexity index is 464. The average Bonchev–Trinajstić information content (AvgIpc) is 2.44. The van der Waals surface area contributed by atoms with E-state index < -0.39 is 11.4 Å². The molecule has 0 radical (unpaired) electrons. The summed E-state index contributed by atoms with van der Waals surface area (Å²) in [4.78, 5) is 24.7. The lowest BCUT2D eigenvalue weighted by atomic mass is 9.86. The van der Waals surface area contributed by atoms with Gasteiger partial charge in [-0.3, -0.25) is 4.79 Å². The molecule has 0 aliphatic rings. The molecule has 0 aliphatic heterocycles. The lowest BCUT2D eigenvalue weighted by molar-refractivity contribution is -0.126. The summed E-state index contributed by atoms with van der Waals surface area (Å²) in [6.45, 7) is 4.03. The number of nitrogens with zero attached hydrogens (tertiary/aromatic N) is 1. The van der Waals surface area contributed by atoms with Crippen LogP contribution >= 0.6 is 0 Å². The number of aromatic carboxylic acids is 1. The highest BCUT2D eigenvalue weighted by Crippen LogP contribution is 2.25. The lowest BCUT2D eigenvalue weighted by Crippen LogP contribution is -2.44. The lowest BCUT2D eigenvalue weighted by Gasteiger charge is -2.30. The van der Waals surface area contributed by atoms with E-state index in [-0.39, 0.29) is 18.0 Å². The Morgan fingerprint density at radius 2 is 1.84 bits per heavy atom. The van der Waals surface area contributed by atoms with Crippen LogP contribution in [-0.4, -0.2) is 30.6 Å². The van der Waals surface area contributed by atoms with Crippen molar-refractivity contribution < 1.29 is 14.7 Å². The van der Waals surface area contributed by atoms with Gasteiger partial charge >= 0.3 is 5.97 Å². The van der Waals surface area contributed by atoms with Gasteiger partial charge in [-0.05, 0) is 37.6 Å². The van der Waals surface area contributed by atoms with Crippen molar-refractivity contribution in [1.82, 2.24) is 0 Å². The number of carboxylic acids is 1. The van der Waals surface area contributed by atoms with Crippen LogP contribution in [0.4, 0.5) is 5.69 Å². The number of anilines is 1. The molecule has 0 bridgehead atoms. The van der Waals surface area contributed by atoms with Crippen LogP contribution in [-0.2, 0) is 4.79 Å². The number of nitrogens with two attached hydrogens (primary N) is 1. The Hall–Kier alpha value is -1.88. The van der Waals surface area contributed by atoms with Crippen LogP contribution in [0.15, 0.2) is 24.3 Å². The molecule has 0 aliphatic carbocycles. The SMILES string of the molecule is CCC(C)(CN)C(=O)N(C)c1ccc(C(=O)O)cc1. The summed E-state index contributed by atoms with van der Waals surface area (Å²) < 4.78 is 0. The zero-order valence-electron chi connectivity index (χ0n) is 11.5. The number of amides is 1. The highest BCUT2D eigenvalue weighted by atomic mass is 16.4. The molecular formula is C14H20N2O3. The molecule has 104 valence electrons. The van der Waals surface area contributed by atoms with Crippen molar-refractivity contribution in [3.63, 3.8) is 0 Å². The molecule has 0 saturated carbocycles. The number of rotatable bonds is 5. The van der Waals surface area contributed by atoms with Gasteiger partial charge in [0, 0.05) is 19.3 Å². The van der Waals surface area contributed by atoms with Crippen molar-refractivity contribution in [2.24, 2.45) is 11.1 Å². The van der Waals surface area contributed by atoms with E-state index in [4.69, 9.17) is 10.8 Å². The standard InChI is InChI=1S/C14H20N2O3/c1-4-14(2,9-15)13(19)16(3)11-7-5-10(6-8-11)12(17)18/h5-8H,4,9,15H2,1-3H3,(H,17,18). The maximum absolute atomic E-state index is 12.4. The van der Waals surface area contributed by atoms with Gasteiger partial charge in [-0.2, -0.15) is 0 Å². The summed E-state index contributed by atoms with van der Waals surface area (Å²) in [5.41, 5.74) is 5.93. The fourth-order valence-electron chi connectivity index (χ4n) is 1.73. The molecular weight excluding hydrogens is 244 g/mol. The smallest absolute Gasteiger partial charge is 0.335 e. The highest BCUT2D eigenvalue weighted by molar-refractivity contribution is 5.97. The maximum Gasteiger partial charge on any atom is 0.335 e. The third-order valence-electron chi connectivity index (χ3n) is 3.55. The van der Waals surface area contributed by atoms with E-state index in [1.807, 2.05) is 13.8 Å². The van der Waals surface area contributed by atoms with Gasteiger partial charge < -0.3 is 15.7 Å². The first-order chi connectivity index (χ1) is 8.85. The highest BCUT2D eigenvalue weighted by Gasteiger charge is 2.32. The topological polar surface area (TPSA) is 83.6 Å². The van der Waals surface area contributed by atoms with Gasteiger partial charge in [0.05, 0.1) is 11.0 Å². The summed E-state index contributed by atoms with van der Waals surface area (Å²) in [5, 5.41) is 8.83. The first-order valence-corrected chi connectivity index (χ1v) is 6.17. The summed E-state index contributed by atoms with van der Waals surface area (Å²) in [6.07, 6.45) is 0.653. The largest absolute Gasteiger partial charge is 0.478 e. The molecule has 3 N–H and O–H groups in total. The van der Waals surface area contributed by atoms with Crippen molar-refractivity contribution in [3.8, 4) is 0 Å². The van der Waals surface area contributed by atoms with Gasteiger partial charge in [0.15, 0.2) is 0 Å². The number of hydrogen-bond donors (Lipinski definition) is 2. The van der Waals surface area contributed by atoms with Gasteiger partial charge in [0.2, 0.25) is 5.91 Å². The van der Waals surface area contributed by atoms with Crippen molar-refractivity contribution in [2.75, 3.05) is 18.5 Å². The summed E-state index contributed by atoms with van der Waals surface area (Å²) >= 11 is 0. The van der Waals surface area contributed by atoms with E-state index in [0.29, 0.717) is 12.1 Å². The van der Waals surface area contributed by atoms with E-state index >= 15 is 0 Å². The van der Waals surface area contributed by atoms with Gasteiger partial charge in [0.25, 0.3) is 0 Å². The molecule has 0 aromatic heterocycles. The molecule has 1 aromatic carbocycles. The van der Waals surface area contributed by atoms with Crippen LogP contribution in [0.5, 0.6) is 0 Å². The van der Waals surface area contributed by atoms with Crippen molar-refractivity contribution in [3.05, 3.63) is 29.8 Å². The predicted octanol–water partition coefficient (Wildman–Crippen LogP) is 1.72. The summed E-state index contributed by atoms with van der Waals surface area (Å²) in [5.74, 6) is -1.05. The second kappa shape index (κ2) is 5.84. The monoisotopic (exact) mass is 264 g/mol. The van der Waals surface area contributed by atoms with E-state index in [9.17, 15) is 9.59 Å². The molecule has 5 heteroatoms. The van der Waals surface area contributed by atoms with Gasteiger partial charge in [-0.25, -0.2) is 4.79 Å². The van der Waals surface area contributed by atoms with Crippen molar-refractivity contribution in [2.45, 2.75) is 20.3 Å². The third kappa shape index (κ3) is 3.12. The number of carboxylic acid groups (broad SMARTS) is 1. The van der Waals surface area contributed by atoms with Crippen LogP contribution in [0, 0.1) is 5.41 Å². The second-order valence-electron chi connectivity index (χ2n) is 4.83. The minimum Gasteiger partial charge on any atom is -0.478 e. The third-order valence-corrected chi connectivity index (χ3v) is 3.55. The van der Waals surface area contributed by atoms with Crippen molar-refractivity contribution in [1.29, 1.82) is 0 Å². The van der Waals surface area contributed by atoms with E-state index in [1.165, 1.54) is 17.0 Å². The van der Waals surface area contributed by atoms with E-state index in [0.717, 1.165) is 0 Å². The van der Waals surface area contributed by atoms with Crippen LogP contribution in [0.2, 0.25) is 0 Å². The number of hydrogen-bond acceptors (Lipinski definition) is 3. The fourth-order valence-corrected chi connectivity index (χ4v) is 1.73. The van der Waals surface area contributed by atoms with Crippen LogP contribution in [0.1, 0.15) is 30.6 Å². The van der Waals surface area contributed by atoms with Crippen LogP contribution in [0.3, 0.4) is 0 Å². The van der Waals surface area contributed by atoms with Crippen LogP contribution < -0.4 is 10.6 Å². The van der Waals surface area contributed by atoms with Gasteiger partial charge in [-0.15, -0.1) is 0 Å². The van der Waals surface area contributed by atoms with Crippen LogP contribution in [0.25, 0.3) is 0 Å². The van der Waals surface area contributed by atoms with Gasteiger partial charge in [0.1, 0.15) is 0 Å². The Morgan fingerprint density at radius 1 is 1.32 bits per heavy atom. The predicted molar refractivity (Wildman–Crippen MR) is 74.3 cm³/mol. The Balaban J connectivity index is 2.97. The number of benzene rings is 1. The minimum atomic E-state index is -0.985. The van der Waals surface area contributed by atoms with Crippen molar-refractivity contribution >= 4 is 17.6 Å². The zero-order valence-corrected chi connectivity index (χ0v) is 11.5. The molecule has 0 saturated heterocycles.